The molecule has 2 N–H and O–H groups in total. The second-order valence-corrected chi connectivity index (χ2v) is 7.18. The van der Waals surface area contributed by atoms with E-state index in [1.807, 2.05) is 6.07 Å². The van der Waals surface area contributed by atoms with E-state index in [0.717, 1.165) is 11.1 Å². The van der Waals surface area contributed by atoms with Gasteiger partial charge in [0.2, 0.25) is 5.95 Å². The number of benzene rings is 2. The van der Waals surface area contributed by atoms with Gasteiger partial charge in [0.15, 0.2) is 0 Å². The van der Waals surface area contributed by atoms with Crippen molar-refractivity contribution >= 4 is 34.6 Å². The van der Waals surface area contributed by atoms with Crippen molar-refractivity contribution < 1.29 is 9.18 Å². The van der Waals surface area contributed by atoms with E-state index in [9.17, 15) is 9.18 Å². The van der Waals surface area contributed by atoms with Crippen molar-refractivity contribution in [2.75, 3.05) is 10.6 Å². The molecule has 0 saturated heterocycles. The fourth-order valence-corrected chi connectivity index (χ4v) is 3.68. The fraction of sp³-hybridized carbons (Fsp3) is 0.0455. The summed E-state index contributed by atoms with van der Waals surface area (Å²) >= 11 is 1.64. The van der Waals surface area contributed by atoms with Gasteiger partial charge in [-0.3, -0.25) is 4.79 Å². The number of hydrogen-bond donors (Lipinski definition) is 2. The van der Waals surface area contributed by atoms with E-state index in [1.54, 1.807) is 54.1 Å². The Labute approximate surface area is 171 Å². The number of halogens is 1. The van der Waals surface area contributed by atoms with Crippen LogP contribution >= 0.6 is 11.3 Å². The number of nitrogens with zero attached hydrogens (tertiary/aromatic N) is 2. The summed E-state index contributed by atoms with van der Waals surface area (Å²) in [5.41, 5.74) is 4.78. The molecule has 7 heteroatoms. The summed E-state index contributed by atoms with van der Waals surface area (Å²) in [7, 11) is 0. The van der Waals surface area contributed by atoms with Crippen molar-refractivity contribution in [3.05, 3.63) is 88.6 Å². The van der Waals surface area contributed by atoms with Crippen LogP contribution in [0.25, 0.3) is 11.1 Å². The lowest BCUT2D eigenvalue weighted by atomic mass is 10.1. The van der Waals surface area contributed by atoms with Crippen LogP contribution in [0.15, 0.2) is 71.7 Å². The number of amides is 1. The summed E-state index contributed by atoms with van der Waals surface area (Å²) in [6, 6.07) is 12.7. The molecule has 0 aliphatic carbocycles. The van der Waals surface area contributed by atoms with Crippen LogP contribution in [-0.2, 0) is 0 Å². The molecule has 2 aromatic carbocycles. The molecule has 4 rings (SSSR count). The molecule has 4 aromatic rings. The van der Waals surface area contributed by atoms with E-state index in [2.05, 4.69) is 38.3 Å². The Morgan fingerprint density at radius 3 is 2.48 bits per heavy atom. The van der Waals surface area contributed by atoms with Gasteiger partial charge in [-0.05, 0) is 65.2 Å². The number of thiophene rings is 1. The monoisotopic (exact) mass is 404 g/mol. The van der Waals surface area contributed by atoms with E-state index in [0.29, 0.717) is 22.9 Å². The number of carbonyl (C=O) groups excluding carboxylic acids is 1. The van der Waals surface area contributed by atoms with Crippen molar-refractivity contribution in [2.45, 2.75) is 6.92 Å². The van der Waals surface area contributed by atoms with E-state index in [1.165, 1.54) is 17.7 Å². The highest BCUT2D eigenvalue weighted by atomic mass is 32.1. The number of nitrogens with one attached hydrogen (secondary N) is 2. The minimum absolute atomic E-state index is 0.330. The highest BCUT2D eigenvalue weighted by Crippen LogP contribution is 2.26. The molecule has 0 spiro atoms. The molecular weight excluding hydrogens is 387 g/mol. The topological polar surface area (TPSA) is 66.9 Å². The first-order chi connectivity index (χ1) is 14.1. The minimum atomic E-state index is -0.406. The maximum atomic E-state index is 13.3. The second kappa shape index (κ2) is 8.20. The number of aromatic nitrogens is 2. The van der Waals surface area contributed by atoms with Gasteiger partial charge in [0.1, 0.15) is 5.82 Å². The first-order valence-electron chi connectivity index (χ1n) is 8.88. The lowest BCUT2D eigenvalue weighted by Crippen LogP contribution is -2.12. The molecule has 29 heavy (non-hydrogen) atoms. The van der Waals surface area contributed by atoms with Crippen LogP contribution in [0.4, 0.5) is 21.7 Å². The Bertz CT molecular complexity index is 1160. The molecule has 0 bridgehead atoms. The molecule has 0 aliphatic rings. The minimum Gasteiger partial charge on any atom is -0.324 e. The van der Waals surface area contributed by atoms with Crippen molar-refractivity contribution in [3.8, 4) is 11.1 Å². The van der Waals surface area contributed by atoms with Crippen LogP contribution in [0.3, 0.4) is 0 Å². The lowest BCUT2D eigenvalue weighted by Gasteiger charge is -2.09. The number of rotatable bonds is 5. The van der Waals surface area contributed by atoms with Gasteiger partial charge < -0.3 is 10.6 Å². The van der Waals surface area contributed by atoms with E-state index in [-0.39, 0.29) is 5.91 Å². The van der Waals surface area contributed by atoms with Crippen LogP contribution in [0, 0.1) is 12.7 Å². The predicted octanol–water partition coefficient (Wildman–Crippen LogP) is 5.65. The molecule has 144 valence electrons. The largest absolute Gasteiger partial charge is 0.324 e. The molecule has 0 radical (unpaired) electrons. The zero-order valence-corrected chi connectivity index (χ0v) is 16.3. The molecule has 0 saturated carbocycles. The molecule has 0 unspecified atom stereocenters. The van der Waals surface area contributed by atoms with Crippen molar-refractivity contribution in [1.82, 2.24) is 9.97 Å². The maximum absolute atomic E-state index is 13.3. The molecule has 2 aromatic heterocycles. The number of anilines is 3. The predicted molar refractivity (Wildman–Crippen MR) is 114 cm³/mol. The van der Waals surface area contributed by atoms with Crippen LogP contribution in [0.2, 0.25) is 0 Å². The standard InChI is InChI=1S/C22H17FN4OS/c1-14-12-29-13-20(14)16-10-24-22(25-11-16)27-18-6-2-4-15(8-18)21(28)26-19-7-3-5-17(23)9-19/h2-13H,1H3,(H,26,28)(H,24,25,27). The first kappa shape index (κ1) is 18.8. The zero-order valence-electron chi connectivity index (χ0n) is 15.5. The average molecular weight is 404 g/mol. The summed E-state index contributed by atoms with van der Waals surface area (Å²) in [6.07, 6.45) is 3.54. The Hall–Kier alpha value is -3.58. The average Bonchev–Trinajstić information content (AvgIpc) is 3.15. The van der Waals surface area contributed by atoms with Gasteiger partial charge in [0.25, 0.3) is 5.91 Å². The van der Waals surface area contributed by atoms with E-state index >= 15 is 0 Å². The molecule has 0 aliphatic heterocycles. The van der Waals surface area contributed by atoms with Crippen molar-refractivity contribution in [1.29, 1.82) is 0 Å². The number of aryl methyl sites for hydroxylation is 1. The smallest absolute Gasteiger partial charge is 0.255 e. The Balaban J connectivity index is 1.47. The Kier molecular flexibility index (Phi) is 5.31. The zero-order chi connectivity index (χ0) is 20.2. The van der Waals surface area contributed by atoms with Crippen LogP contribution < -0.4 is 10.6 Å². The summed E-state index contributed by atoms with van der Waals surface area (Å²) in [5.74, 6) is -0.302. The summed E-state index contributed by atoms with van der Waals surface area (Å²) in [5, 5.41) is 9.94. The van der Waals surface area contributed by atoms with Gasteiger partial charge in [-0.2, -0.15) is 11.3 Å². The van der Waals surface area contributed by atoms with Gasteiger partial charge in [-0.1, -0.05) is 12.1 Å². The van der Waals surface area contributed by atoms with Crippen molar-refractivity contribution in [2.24, 2.45) is 0 Å². The van der Waals surface area contributed by atoms with Gasteiger partial charge in [0, 0.05) is 34.9 Å². The highest BCUT2D eigenvalue weighted by molar-refractivity contribution is 7.08. The van der Waals surface area contributed by atoms with Crippen molar-refractivity contribution in [3.63, 3.8) is 0 Å². The third-order valence-corrected chi connectivity index (χ3v) is 5.14. The van der Waals surface area contributed by atoms with E-state index in [4.69, 9.17) is 0 Å². The van der Waals surface area contributed by atoms with E-state index < -0.39 is 5.82 Å². The van der Waals surface area contributed by atoms with Gasteiger partial charge in [-0.15, -0.1) is 0 Å². The van der Waals surface area contributed by atoms with Gasteiger partial charge in [-0.25, -0.2) is 14.4 Å². The Morgan fingerprint density at radius 2 is 1.76 bits per heavy atom. The number of carbonyl (C=O) groups is 1. The molecule has 1 amide bonds. The maximum Gasteiger partial charge on any atom is 0.255 e. The van der Waals surface area contributed by atoms with Crippen LogP contribution in [-0.4, -0.2) is 15.9 Å². The third kappa shape index (κ3) is 4.47. The normalized spacial score (nSPS) is 10.6. The molecule has 0 atom stereocenters. The summed E-state index contributed by atoms with van der Waals surface area (Å²) in [4.78, 5) is 21.2. The first-order valence-corrected chi connectivity index (χ1v) is 9.82. The third-order valence-electron chi connectivity index (χ3n) is 4.28. The summed E-state index contributed by atoms with van der Waals surface area (Å²) < 4.78 is 13.3. The molecule has 2 heterocycles. The summed E-state index contributed by atoms with van der Waals surface area (Å²) in [6.45, 7) is 2.05. The van der Waals surface area contributed by atoms with Crippen LogP contribution in [0.5, 0.6) is 0 Å². The second-order valence-electron chi connectivity index (χ2n) is 6.43. The van der Waals surface area contributed by atoms with Gasteiger partial charge >= 0.3 is 0 Å². The quantitative estimate of drug-likeness (QED) is 0.451. The lowest BCUT2D eigenvalue weighted by molar-refractivity contribution is 0.102. The fourth-order valence-electron chi connectivity index (χ4n) is 2.82. The van der Waals surface area contributed by atoms with Crippen LogP contribution in [0.1, 0.15) is 15.9 Å². The highest BCUT2D eigenvalue weighted by Gasteiger charge is 2.09. The Morgan fingerprint density at radius 1 is 1.00 bits per heavy atom. The molecule has 0 fully saturated rings. The molecular formula is C22H17FN4OS. The van der Waals surface area contributed by atoms with Gasteiger partial charge in [0.05, 0.1) is 0 Å². The molecule has 5 nitrogen and oxygen atoms in total. The SMILES string of the molecule is Cc1cscc1-c1cnc(Nc2cccc(C(=O)Nc3cccc(F)c3)c2)nc1. The number of hydrogen-bond acceptors (Lipinski definition) is 5.